The van der Waals surface area contributed by atoms with Crippen LogP contribution in [0.4, 0.5) is 8.78 Å². The van der Waals surface area contributed by atoms with E-state index < -0.39 is 17.5 Å². The summed E-state index contributed by atoms with van der Waals surface area (Å²) in [6.45, 7) is 1.11. The van der Waals surface area contributed by atoms with Crippen LogP contribution < -0.4 is 10.1 Å². The summed E-state index contributed by atoms with van der Waals surface area (Å²) in [5.41, 5.74) is 0.555. The Balaban J connectivity index is 1.62. The third-order valence-corrected chi connectivity index (χ3v) is 3.63. The quantitative estimate of drug-likeness (QED) is 0.912. The van der Waals surface area contributed by atoms with Crippen molar-refractivity contribution in [2.45, 2.75) is 19.1 Å². The molecule has 0 bridgehead atoms. The molecule has 1 unspecified atom stereocenters. The lowest BCUT2D eigenvalue weighted by atomic mass is 10.2. The molecule has 1 aliphatic heterocycles. The summed E-state index contributed by atoms with van der Waals surface area (Å²) in [6.07, 6.45) is 2.18. The lowest BCUT2D eigenvalue weighted by Crippen LogP contribution is -2.24. The molecule has 0 radical (unpaired) electrons. The molecule has 3 rings (SSSR count). The van der Waals surface area contributed by atoms with Crippen LogP contribution >= 0.6 is 0 Å². The van der Waals surface area contributed by atoms with Crippen molar-refractivity contribution in [3.05, 3.63) is 59.3 Å². The number of nitrogens with zero attached hydrogens (tertiary/aromatic N) is 1. The van der Waals surface area contributed by atoms with E-state index in [4.69, 9.17) is 9.47 Å². The van der Waals surface area contributed by atoms with Gasteiger partial charge in [0.2, 0.25) is 5.88 Å². The van der Waals surface area contributed by atoms with Crippen LogP contribution in [-0.4, -0.2) is 30.2 Å². The molecule has 7 heteroatoms. The van der Waals surface area contributed by atoms with Gasteiger partial charge in [-0.2, -0.15) is 0 Å². The van der Waals surface area contributed by atoms with E-state index in [1.807, 2.05) is 0 Å². The smallest absolute Gasteiger partial charge is 0.251 e. The molecular formula is C17H16F2N2O3. The molecule has 126 valence electrons. The summed E-state index contributed by atoms with van der Waals surface area (Å²) in [5.74, 6) is -1.41. The fourth-order valence-electron chi connectivity index (χ4n) is 2.33. The molecule has 0 saturated carbocycles. The van der Waals surface area contributed by atoms with Gasteiger partial charge in [0.1, 0.15) is 17.7 Å². The van der Waals surface area contributed by atoms with Gasteiger partial charge in [-0.1, -0.05) is 6.07 Å². The van der Waals surface area contributed by atoms with Crippen molar-refractivity contribution < 1.29 is 23.0 Å². The minimum Gasteiger partial charge on any atom is -0.472 e. The molecule has 0 spiro atoms. The second kappa shape index (κ2) is 7.35. The first-order valence-corrected chi connectivity index (χ1v) is 7.54. The molecule has 2 aromatic rings. The number of rotatable bonds is 5. The fourth-order valence-corrected chi connectivity index (χ4v) is 2.33. The summed E-state index contributed by atoms with van der Waals surface area (Å²) in [6, 6.07) is 6.28. The number of carbonyl (C=O) groups is 1. The Hall–Kier alpha value is -2.54. The SMILES string of the molecule is O=C(NCc1ccc(F)cc1F)c1ccnc(OC2CCOC2)c1. The summed E-state index contributed by atoms with van der Waals surface area (Å²) in [7, 11) is 0. The third-order valence-electron chi connectivity index (χ3n) is 3.63. The molecule has 1 N–H and O–H groups in total. The van der Waals surface area contributed by atoms with Crippen molar-refractivity contribution in [2.75, 3.05) is 13.2 Å². The molecule has 1 aliphatic rings. The lowest BCUT2D eigenvalue weighted by Gasteiger charge is -2.11. The Bertz CT molecular complexity index is 734. The predicted molar refractivity (Wildman–Crippen MR) is 81.6 cm³/mol. The van der Waals surface area contributed by atoms with Gasteiger partial charge in [0.25, 0.3) is 5.91 Å². The monoisotopic (exact) mass is 334 g/mol. The molecule has 1 fully saturated rings. The molecule has 5 nitrogen and oxygen atoms in total. The van der Waals surface area contributed by atoms with Crippen molar-refractivity contribution in [2.24, 2.45) is 0 Å². The van der Waals surface area contributed by atoms with Gasteiger partial charge in [-0.3, -0.25) is 4.79 Å². The van der Waals surface area contributed by atoms with Gasteiger partial charge in [0, 0.05) is 42.4 Å². The Morgan fingerprint density at radius 3 is 2.96 bits per heavy atom. The van der Waals surface area contributed by atoms with Crippen molar-refractivity contribution in [1.29, 1.82) is 0 Å². The second-order valence-corrected chi connectivity index (χ2v) is 5.40. The number of pyridine rings is 1. The van der Waals surface area contributed by atoms with E-state index in [1.54, 1.807) is 0 Å². The maximum absolute atomic E-state index is 13.6. The second-order valence-electron chi connectivity index (χ2n) is 5.40. The molecule has 2 heterocycles. The number of hydrogen-bond acceptors (Lipinski definition) is 4. The highest BCUT2D eigenvalue weighted by molar-refractivity contribution is 5.94. The number of benzene rings is 1. The van der Waals surface area contributed by atoms with Crippen LogP contribution in [0.3, 0.4) is 0 Å². The highest BCUT2D eigenvalue weighted by Crippen LogP contribution is 2.16. The van der Waals surface area contributed by atoms with Crippen molar-refractivity contribution in [1.82, 2.24) is 10.3 Å². The van der Waals surface area contributed by atoms with E-state index in [0.29, 0.717) is 24.7 Å². The summed E-state index contributed by atoms with van der Waals surface area (Å²) >= 11 is 0. The van der Waals surface area contributed by atoms with Crippen LogP contribution in [0, 0.1) is 11.6 Å². The Morgan fingerprint density at radius 2 is 2.21 bits per heavy atom. The van der Waals surface area contributed by atoms with E-state index in [1.165, 1.54) is 24.4 Å². The van der Waals surface area contributed by atoms with E-state index in [9.17, 15) is 13.6 Å². The van der Waals surface area contributed by atoms with Crippen LogP contribution in [0.25, 0.3) is 0 Å². The van der Waals surface area contributed by atoms with E-state index in [0.717, 1.165) is 18.6 Å². The predicted octanol–water partition coefficient (Wildman–Crippen LogP) is 2.46. The maximum atomic E-state index is 13.6. The molecule has 1 aromatic carbocycles. The zero-order valence-electron chi connectivity index (χ0n) is 12.8. The summed E-state index contributed by atoms with van der Waals surface area (Å²) < 4.78 is 37.3. The van der Waals surface area contributed by atoms with Gasteiger partial charge < -0.3 is 14.8 Å². The maximum Gasteiger partial charge on any atom is 0.251 e. The van der Waals surface area contributed by atoms with Crippen LogP contribution in [0.2, 0.25) is 0 Å². The first kappa shape index (κ1) is 16.3. The van der Waals surface area contributed by atoms with Gasteiger partial charge in [-0.05, 0) is 12.1 Å². The highest BCUT2D eigenvalue weighted by Gasteiger charge is 2.18. The van der Waals surface area contributed by atoms with Gasteiger partial charge >= 0.3 is 0 Å². The molecule has 1 aromatic heterocycles. The molecule has 24 heavy (non-hydrogen) atoms. The van der Waals surface area contributed by atoms with Crippen LogP contribution in [0.1, 0.15) is 22.3 Å². The zero-order chi connectivity index (χ0) is 16.9. The first-order chi connectivity index (χ1) is 11.6. The molecule has 0 aliphatic carbocycles. The van der Waals surface area contributed by atoms with E-state index in [-0.39, 0.29) is 18.2 Å². The molecule has 1 saturated heterocycles. The normalized spacial score (nSPS) is 16.8. The molecule has 1 amide bonds. The standard InChI is InChI=1S/C17H16F2N2O3/c18-13-2-1-12(15(19)8-13)9-21-17(22)11-3-5-20-16(7-11)24-14-4-6-23-10-14/h1-3,5,7-8,14H,4,6,9-10H2,(H,21,22). The Kier molecular flexibility index (Phi) is 5.00. The topological polar surface area (TPSA) is 60.5 Å². The third kappa shape index (κ3) is 4.05. The van der Waals surface area contributed by atoms with Crippen LogP contribution in [-0.2, 0) is 11.3 Å². The van der Waals surface area contributed by atoms with Crippen molar-refractivity contribution in [3.8, 4) is 5.88 Å². The van der Waals surface area contributed by atoms with Crippen molar-refractivity contribution in [3.63, 3.8) is 0 Å². The molecule has 1 atom stereocenters. The van der Waals surface area contributed by atoms with E-state index in [2.05, 4.69) is 10.3 Å². The van der Waals surface area contributed by atoms with Crippen LogP contribution in [0.15, 0.2) is 36.5 Å². The number of halogens is 2. The number of amides is 1. The Labute approximate surface area is 137 Å². The van der Waals surface area contributed by atoms with Gasteiger partial charge in [-0.15, -0.1) is 0 Å². The minimum atomic E-state index is -0.699. The largest absolute Gasteiger partial charge is 0.472 e. The number of aromatic nitrogens is 1. The van der Waals surface area contributed by atoms with Gasteiger partial charge in [-0.25, -0.2) is 13.8 Å². The zero-order valence-corrected chi connectivity index (χ0v) is 12.8. The van der Waals surface area contributed by atoms with Crippen molar-refractivity contribution >= 4 is 5.91 Å². The van der Waals surface area contributed by atoms with Crippen LogP contribution in [0.5, 0.6) is 5.88 Å². The minimum absolute atomic E-state index is 0.0417. The summed E-state index contributed by atoms with van der Waals surface area (Å²) in [4.78, 5) is 16.2. The first-order valence-electron chi connectivity index (χ1n) is 7.54. The molecular weight excluding hydrogens is 318 g/mol. The Morgan fingerprint density at radius 1 is 1.33 bits per heavy atom. The number of ether oxygens (including phenoxy) is 2. The van der Waals surface area contributed by atoms with Gasteiger partial charge in [0.05, 0.1) is 13.2 Å². The number of carbonyl (C=O) groups excluding carboxylic acids is 1. The average molecular weight is 334 g/mol. The highest BCUT2D eigenvalue weighted by atomic mass is 19.1. The number of nitrogens with one attached hydrogen (secondary N) is 1. The van der Waals surface area contributed by atoms with Gasteiger partial charge in [0.15, 0.2) is 0 Å². The summed E-state index contributed by atoms with van der Waals surface area (Å²) in [5, 5.41) is 2.59. The number of hydrogen-bond donors (Lipinski definition) is 1. The van der Waals surface area contributed by atoms with E-state index >= 15 is 0 Å². The lowest BCUT2D eigenvalue weighted by molar-refractivity contribution is 0.0949. The fraction of sp³-hybridized carbons (Fsp3) is 0.294. The average Bonchev–Trinajstić information content (AvgIpc) is 3.07.